The molecule has 0 amide bonds. The number of hydrogen-bond acceptors (Lipinski definition) is 9. The standard InChI is InChI=1S/C27H31N5O2S3/c33-32(34)22-9-10-24-20(17-22)18-26(35-24)37-28-21-7-5-19(6-8-21)11-12-30-13-15-31(16-14-30)27-23-3-1-2-4-25(23)36-29-27/h1-4,9-10,17-19,21,28H,5-8,11-16H2. The predicted octanol–water partition coefficient (Wildman–Crippen LogP) is 6.79. The summed E-state index contributed by atoms with van der Waals surface area (Å²) in [7, 11) is 0. The molecule has 1 saturated carbocycles. The number of benzene rings is 2. The second kappa shape index (κ2) is 11.2. The van der Waals surface area contributed by atoms with Gasteiger partial charge in [0.25, 0.3) is 5.69 Å². The third-order valence-corrected chi connectivity index (χ3v) is 10.7. The van der Waals surface area contributed by atoms with E-state index in [1.54, 1.807) is 46.9 Å². The van der Waals surface area contributed by atoms with E-state index >= 15 is 0 Å². The number of nitro benzene ring substituents is 1. The van der Waals surface area contributed by atoms with E-state index in [-0.39, 0.29) is 10.6 Å². The monoisotopic (exact) mass is 553 g/mol. The molecule has 0 spiro atoms. The molecule has 0 unspecified atom stereocenters. The Balaban J connectivity index is 0.913. The first-order valence-corrected chi connectivity index (χ1v) is 15.4. The molecule has 1 aliphatic carbocycles. The van der Waals surface area contributed by atoms with Crippen molar-refractivity contribution in [3.05, 3.63) is 58.6 Å². The predicted molar refractivity (Wildman–Crippen MR) is 156 cm³/mol. The Kier molecular flexibility index (Phi) is 7.62. The van der Waals surface area contributed by atoms with Gasteiger partial charge in [-0.1, -0.05) is 12.1 Å². The summed E-state index contributed by atoms with van der Waals surface area (Å²) in [6.07, 6.45) is 6.33. The van der Waals surface area contributed by atoms with Gasteiger partial charge in [0, 0.05) is 59.8 Å². The fourth-order valence-electron chi connectivity index (χ4n) is 5.53. The van der Waals surface area contributed by atoms with Gasteiger partial charge in [0.05, 0.1) is 13.8 Å². The van der Waals surface area contributed by atoms with Crippen LogP contribution in [0.15, 0.2) is 52.7 Å². The Morgan fingerprint density at radius 3 is 2.65 bits per heavy atom. The Bertz CT molecular complexity index is 1370. The van der Waals surface area contributed by atoms with Crippen molar-refractivity contribution in [2.24, 2.45) is 5.92 Å². The molecule has 0 atom stereocenters. The number of anilines is 1. The highest BCUT2D eigenvalue weighted by Crippen LogP contribution is 2.35. The van der Waals surface area contributed by atoms with Crippen molar-refractivity contribution < 1.29 is 4.92 Å². The molecule has 1 N–H and O–H groups in total. The maximum Gasteiger partial charge on any atom is 0.270 e. The number of rotatable bonds is 8. The number of hydrogen-bond donors (Lipinski definition) is 1. The zero-order valence-electron chi connectivity index (χ0n) is 20.7. The maximum absolute atomic E-state index is 11.0. The minimum atomic E-state index is -0.329. The zero-order chi connectivity index (χ0) is 25.2. The second-order valence-corrected chi connectivity index (χ2v) is 13.1. The van der Waals surface area contributed by atoms with E-state index in [2.05, 4.69) is 44.9 Å². The lowest BCUT2D eigenvalue weighted by atomic mass is 9.84. The number of thiophene rings is 1. The molecule has 37 heavy (non-hydrogen) atoms. The Morgan fingerprint density at radius 1 is 1.03 bits per heavy atom. The zero-order valence-corrected chi connectivity index (χ0v) is 23.1. The number of non-ortho nitro benzene ring substituents is 1. The normalized spacial score (nSPS) is 21.1. The van der Waals surface area contributed by atoms with Crippen LogP contribution in [0.3, 0.4) is 0 Å². The van der Waals surface area contributed by atoms with Crippen molar-refractivity contribution in [2.75, 3.05) is 37.6 Å². The molecule has 0 bridgehead atoms. The fourth-order valence-corrected chi connectivity index (χ4v) is 8.38. The van der Waals surface area contributed by atoms with Crippen molar-refractivity contribution in [1.29, 1.82) is 0 Å². The van der Waals surface area contributed by atoms with E-state index in [4.69, 9.17) is 4.37 Å². The van der Waals surface area contributed by atoms with Gasteiger partial charge >= 0.3 is 0 Å². The van der Waals surface area contributed by atoms with Crippen LogP contribution in [-0.4, -0.2) is 53.0 Å². The van der Waals surface area contributed by atoms with Gasteiger partial charge in [-0.05, 0) is 92.3 Å². The average molecular weight is 554 g/mol. The van der Waals surface area contributed by atoms with E-state index < -0.39 is 0 Å². The number of aromatic nitrogens is 1. The first-order chi connectivity index (χ1) is 18.1. The summed E-state index contributed by atoms with van der Waals surface area (Å²) in [5.74, 6) is 1.99. The molecule has 1 saturated heterocycles. The third-order valence-electron chi connectivity index (χ3n) is 7.74. The molecule has 10 heteroatoms. The fraction of sp³-hybridized carbons (Fsp3) is 0.444. The van der Waals surface area contributed by atoms with Crippen molar-refractivity contribution in [3.8, 4) is 0 Å². The molecule has 7 nitrogen and oxygen atoms in total. The summed E-state index contributed by atoms with van der Waals surface area (Å²) in [6, 6.07) is 16.3. The molecule has 1 aliphatic heterocycles. The van der Waals surface area contributed by atoms with Crippen molar-refractivity contribution in [1.82, 2.24) is 14.0 Å². The van der Waals surface area contributed by atoms with Gasteiger partial charge in [-0.15, -0.1) is 11.3 Å². The Morgan fingerprint density at radius 2 is 1.84 bits per heavy atom. The Labute approximate surface area is 229 Å². The van der Waals surface area contributed by atoms with E-state index in [1.807, 2.05) is 6.07 Å². The van der Waals surface area contributed by atoms with Crippen LogP contribution in [0.2, 0.25) is 0 Å². The van der Waals surface area contributed by atoms with E-state index in [1.165, 1.54) is 58.8 Å². The molecular formula is C27H31N5O2S3. The average Bonchev–Trinajstić information content (AvgIpc) is 3.55. The maximum atomic E-state index is 11.0. The minimum Gasteiger partial charge on any atom is -0.353 e. The van der Waals surface area contributed by atoms with Gasteiger partial charge in [0.15, 0.2) is 0 Å². The molecule has 2 aromatic heterocycles. The van der Waals surface area contributed by atoms with Crippen molar-refractivity contribution in [2.45, 2.75) is 42.4 Å². The van der Waals surface area contributed by atoms with Crippen LogP contribution in [0.25, 0.3) is 20.2 Å². The smallest absolute Gasteiger partial charge is 0.270 e. The topological polar surface area (TPSA) is 74.5 Å². The van der Waals surface area contributed by atoms with Crippen LogP contribution < -0.4 is 9.62 Å². The highest BCUT2D eigenvalue weighted by atomic mass is 32.2. The van der Waals surface area contributed by atoms with Crippen LogP contribution in [0.1, 0.15) is 32.1 Å². The number of piperazine rings is 1. The lowest BCUT2D eigenvalue weighted by Crippen LogP contribution is -2.47. The highest BCUT2D eigenvalue weighted by Gasteiger charge is 2.24. The van der Waals surface area contributed by atoms with E-state index in [9.17, 15) is 10.1 Å². The van der Waals surface area contributed by atoms with Crippen LogP contribution >= 0.6 is 34.8 Å². The van der Waals surface area contributed by atoms with Gasteiger partial charge in [0.2, 0.25) is 0 Å². The van der Waals surface area contributed by atoms with Gasteiger partial charge < -0.3 is 4.90 Å². The van der Waals surface area contributed by atoms with Crippen molar-refractivity contribution in [3.63, 3.8) is 0 Å². The molecule has 2 aliphatic rings. The number of nitrogens with zero attached hydrogens (tertiary/aromatic N) is 4. The number of nitro groups is 1. The molecule has 0 radical (unpaired) electrons. The molecule has 194 valence electrons. The summed E-state index contributed by atoms with van der Waals surface area (Å²) in [5.41, 5.74) is 0.156. The summed E-state index contributed by atoms with van der Waals surface area (Å²) < 4.78 is 12.0. The largest absolute Gasteiger partial charge is 0.353 e. The quantitative estimate of drug-likeness (QED) is 0.146. The van der Waals surface area contributed by atoms with Crippen LogP contribution in [0, 0.1) is 16.0 Å². The lowest BCUT2D eigenvalue weighted by molar-refractivity contribution is -0.384. The summed E-state index contributed by atoms with van der Waals surface area (Å²) in [4.78, 5) is 15.8. The van der Waals surface area contributed by atoms with E-state index in [0.717, 1.165) is 42.2 Å². The van der Waals surface area contributed by atoms with Crippen molar-refractivity contribution >= 4 is 66.5 Å². The minimum absolute atomic E-state index is 0.156. The SMILES string of the molecule is O=[N+]([O-])c1ccc2sc(SNC3CCC(CCN4CCN(c5nsc6ccccc56)CC4)CC3)cc2c1. The number of fused-ring (bicyclic) bond motifs is 2. The summed E-state index contributed by atoms with van der Waals surface area (Å²) >= 11 is 4.99. The highest BCUT2D eigenvalue weighted by molar-refractivity contribution is 7.99. The van der Waals surface area contributed by atoms with Crippen LogP contribution in [0.5, 0.6) is 0 Å². The van der Waals surface area contributed by atoms with Gasteiger partial charge in [-0.25, -0.2) is 0 Å². The summed E-state index contributed by atoms with van der Waals surface area (Å²) in [6.45, 7) is 5.58. The first kappa shape index (κ1) is 25.1. The lowest BCUT2D eigenvalue weighted by Gasteiger charge is -2.36. The van der Waals surface area contributed by atoms with Gasteiger partial charge in [-0.2, -0.15) is 4.37 Å². The van der Waals surface area contributed by atoms with Gasteiger partial charge in [-0.3, -0.25) is 19.7 Å². The molecule has 4 aromatic rings. The molecule has 2 fully saturated rings. The molecular weight excluding hydrogens is 523 g/mol. The second-order valence-electron chi connectivity index (χ2n) is 10.1. The molecule has 2 aromatic carbocycles. The Hall–Kier alpha value is -2.24. The first-order valence-electron chi connectivity index (χ1n) is 13.0. The van der Waals surface area contributed by atoms with Crippen LogP contribution in [0.4, 0.5) is 11.5 Å². The van der Waals surface area contributed by atoms with Gasteiger partial charge in [0.1, 0.15) is 5.82 Å². The summed E-state index contributed by atoms with van der Waals surface area (Å²) in [5, 5.41) is 13.3. The third kappa shape index (κ3) is 5.78. The molecule has 6 rings (SSSR count). The molecule has 3 heterocycles. The number of nitrogens with one attached hydrogen (secondary N) is 1. The van der Waals surface area contributed by atoms with E-state index in [0.29, 0.717) is 6.04 Å². The van der Waals surface area contributed by atoms with Crippen LogP contribution in [-0.2, 0) is 0 Å².